The largest absolute Gasteiger partial charge is 0.0647 e. The van der Waals surface area contributed by atoms with Crippen molar-refractivity contribution < 1.29 is 0 Å². The number of hydrogen-bond donors (Lipinski definition) is 0. The highest BCUT2D eigenvalue weighted by molar-refractivity contribution is 7.96. The topological polar surface area (TPSA) is 0 Å². The summed E-state index contributed by atoms with van der Waals surface area (Å²) >= 11 is 4.62. The van der Waals surface area contributed by atoms with E-state index in [-0.39, 0.29) is 0 Å². The summed E-state index contributed by atoms with van der Waals surface area (Å²) in [6, 6.07) is 0. The predicted octanol–water partition coefficient (Wildman–Crippen LogP) is 1.80. The van der Waals surface area contributed by atoms with E-state index in [2.05, 4.69) is 18.7 Å². The molecule has 0 aromatic rings. The van der Waals surface area contributed by atoms with Gasteiger partial charge in [0.15, 0.2) is 0 Å². The van der Waals surface area contributed by atoms with E-state index in [0.29, 0.717) is 0 Å². The third-order valence-electron chi connectivity index (χ3n) is 0.315. The van der Waals surface area contributed by atoms with Crippen LogP contribution in [0.2, 0.25) is 0 Å². The van der Waals surface area contributed by atoms with Crippen LogP contribution >= 0.6 is 7.36 Å². The minimum Gasteiger partial charge on any atom is -0.0647 e. The van der Waals surface area contributed by atoms with Crippen LogP contribution in [0.1, 0.15) is 13.3 Å². The van der Waals surface area contributed by atoms with Gasteiger partial charge >= 0.3 is 0 Å². The van der Waals surface area contributed by atoms with Crippen LogP contribution in [0.5, 0.6) is 0 Å². The molecule has 2 heteroatoms. The van der Waals surface area contributed by atoms with Gasteiger partial charge in [-0.1, -0.05) is 18.7 Å². The third kappa shape index (κ3) is 4.52. The molecule has 5 heavy (non-hydrogen) atoms. The Kier molecular flexibility index (Phi) is 4.99. The molecule has 0 bridgehead atoms. The lowest BCUT2D eigenvalue weighted by Crippen LogP contribution is -1.57. The van der Waals surface area contributed by atoms with Gasteiger partial charge in [-0.2, -0.15) is 0 Å². The molecule has 0 unspecified atom stereocenters. The molecule has 0 amide bonds. The zero-order chi connectivity index (χ0) is 4.12. The van der Waals surface area contributed by atoms with Crippen LogP contribution in [0.3, 0.4) is 0 Å². The van der Waals surface area contributed by atoms with E-state index in [9.17, 15) is 0 Å². The first-order valence-corrected chi connectivity index (χ1v) is 3.80. The fourth-order valence-corrected chi connectivity index (χ4v) is 0.822. The first kappa shape index (κ1) is 5.52. The van der Waals surface area contributed by atoms with Crippen LogP contribution in [0.4, 0.5) is 0 Å². The van der Waals surface area contributed by atoms with E-state index in [4.69, 9.17) is 0 Å². The van der Waals surface area contributed by atoms with Crippen LogP contribution in [0, 0.1) is 0 Å². The molecular formula is C3H7PS. The Balaban J connectivity index is 2.40. The Morgan fingerprint density at radius 1 is 1.80 bits per heavy atom. The maximum atomic E-state index is 4.62. The van der Waals surface area contributed by atoms with Crippen molar-refractivity contribution in [2.24, 2.45) is 0 Å². The molecule has 0 aromatic heterocycles. The number of rotatable bonds is 2. The van der Waals surface area contributed by atoms with E-state index < -0.39 is 0 Å². The van der Waals surface area contributed by atoms with Crippen LogP contribution in [0.25, 0.3) is 0 Å². The molecule has 0 aliphatic heterocycles. The summed E-state index contributed by atoms with van der Waals surface area (Å²) in [5.41, 5.74) is 0. The summed E-state index contributed by atoms with van der Waals surface area (Å²) in [6.07, 6.45) is 2.40. The highest BCUT2D eigenvalue weighted by Crippen LogP contribution is 1.91. The molecule has 0 saturated heterocycles. The van der Waals surface area contributed by atoms with Crippen molar-refractivity contribution in [1.29, 1.82) is 0 Å². The SMILES string of the molecule is CCCP=S. The summed E-state index contributed by atoms with van der Waals surface area (Å²) in [5, 5.41) is 0. The van der Waals surface area contributed by atoms with Gasteiger partial charge < -0.3 is 0 Å². The normalized spacial score (nSPS) is 9.00. The quantitative estimate of drug-likeness (QED) is 0.484. The monoisotopic (exact) mass is 106 g/mol. The molecule has 0 heterocycles. The predicted molar refractivity (Wildman–Crippen MR) is 29.4 cm³/mol. The summed E-state index contributed by atoms with van der Waals surface area (Å²) in [7, 11) is 1.11. The number of hydrogen-bond acceptors (Lipinski definition) is 1. The van der Waals surface area contributed by atoms with Gasteiger partial charge in [-0.25, -0.2) is 0 Å². The van der Waals surface area contributed by atoms with Crippen LogP contribution in [-0.2, 0) is 11.8 Å². The van der Waals surface area contributed by atoms with Gasteiger partial charge in [0.25, 0.3) is 0 Å². The lowest BCUT2D eigenvalue weighted by Gasteiger charge is -1.70. The van der Waals surface area contributed by atoms with Crippen molar-refractivity contribution in [2.75, 3.05) is 6.16 Å². The summed E-state index contributed by atoms with van der Waals surface area (Å²) in [5.74, 6) is 0. The fraction of sp³-hybridized carbons (Fsp3) is 1.00. The molecule has 0 saturated carbocycles. The van der Waals surface area contributed by atoms with Crippen LogP contribution in [-0.4, -0.2) is 6.16 Å². The molecule has 30 valence electrons. The summed E-state index contributed by atoms with van der Waals surface area (Å²) < 4.78 is 0. The van der Waals surface area contributed by atoms with E-state index in [0.717, 1.165) is 7.36 Å². The minimum atomic E-state index is 1.11. The van der Waals surface area contributed by atoms with Gasteiger partial charge in [0, 0.05) is 0 Å². The average molecular weight is 106 g/mol. The molecule has 0 spiro atoms. The minimum absolute atomic E-state index is 1.11. The first-order valence-electron chi connectivity index (χ1n) is 1.71. The molecule has 0 rings (SSSR count). The molecule has 0 aliphatic rings. The van der Waals surface area contributed by atoms with Crippen molar-refractivity contribution in [1.82, 2.24) is 0 Å². The Morgan fingerprint density at radius 3 is 2.40 bits per heavy atom. The standard InChI is InChI=1S/C3H7PS/c1-2-3-4-5/h2-3H2,1H3. The van der Waals surface area contributed by atoms with Crippen LogP contribution in [0.15, 0.2) is 0 Å². The first-order chi connectivity index (χ1) is 2.41. The summed E-state index contributed by atoms with van der Waals surface area (Å²) in [6.45, 7) is 2.14. The average Bonchev–Trinajstić information content (AvgIpc) is 1.41. The summed E-state index contributed by atoms with van der Waals surface area (Å²) in [4.78, 5) is 0. The Morgan fingerprint density at radius 2 is 2.40 bits per heavy atom. The molecule has 0 aliphatic carbocycles. The zero-order valence-corrected chi connectivity index (χ0v) is 4.98. The second kappa shape index (κ2) is 4.52. The van der Waals surface area contributed by atoms with E-state index >= 15 is 0 Å². The maximum absolute atomic E-state index is 4.62. The van der Waals surface area contributed by atoms with Gasteiger partial charge in [0.2, 0.25) is 0 Å². The van der Waals surface area contributed by atoms with E-state index in [1.54, 1.807) is 0 Å². The smallest absolute Gasteiger partial charge is 0.000420 e. The highest BCUT2D eigenvalue weighted by atomic mass is 32.4. The zero-order valence-electron chi connectivity index (χ0n) is 3.27. The molecule has 0 fully saturated rings. The molecule has 0 radical (unpaired) electrons. The lowest BCUT2D eigenvalue weighted by molar-refractivity contribution is 1.11. The Bertz CT molecular complexity index is 28.1. The van der Waals surface area contributed by atoms with Gasteiger partial charge in [0.05, 0.1) is 0 Å². The van der Waals surface area contributed by atoms with Crippen molar-refractivity contribution in [3.8, 4) is 0 Å². The third-order valence-corrected chi connectivity index (χ3v) is 1.49. The molecule has 0 nitrogen and oxygen atoms in total. The van der Waals surface area contributed by atoms with Crippen molar-refractivity contribution in [3.63, 3.8) is 0 Å². The molecule has 0 aromatic carbocycles. The molecule has 0 N–H and O–H groups in total. The Labute approximate surface area is 39.4 Å². The van der Waals surface area contributed by atoms with Gasteiger partial charge in [-0.3, -0.25) is 0 Å². The lowest BCUT2D eigenvalue weighted by atomic mass is 10.6. The van der Waals surface area contributed by atoms with E-state index in [1.165, 1.54) is 12.6 Å². The maximum Gasteiger partial charge on any atom is -0.000420 e. The fourth-order valence-electron chi connectivity index (χ4n) is 0.0913. The van der Waals surface area contributed by atoms with Gasteiger partial charge in [-0.15, -0.1) is 0 Å². The highest BCUT2D eigenvalue weighted by Gasteiger charge is 1.64. The van der Waals surface area contributed by atoms with Crippen molar-refractivity contribution >= 4 is 19.2 Å². The van der Waals surface area contributed by atoms with E-state index in [1.807, 2.05) is 0 Å². The second-order valence-corrected chi connectivity index (χ2v) is 2.33. The van der Waals surface area contributed by atoms with Crippen LogP contribution < -0.4 is 0 Å². The molecule has 0 atom stereocenters. The van der Waals surface area contributed by atoms with Gasteiger partial charge in [-0.05, 0) is 19.9 Å². The van der Waals surface area contributed by atoms with Crippen molar-refractivity contribution in [2.45, 2.75) is 13.3 Å². The second-order valence-electron chi connectivity index (χ2n) is 0.853. The van der Waals surface area contributed by atoms with Crippen molar-refractivity contribution in [3.05, 3.63) is 0 Å². The molecular weight excluding hydrogens is 99.1 g/mol. The van der Waals surface area contributed by atoms with Gasteiger partial charge in [0.1, 0.15) is 0 Å². The Hall–Kier alpha value is 0.520.